The van der Waals surface area contributed by atoms with E-state index in [9.17, 15) is 0 Å². The van der Waals surface area contributed by atoms with Crippen molar-refractivity contribution in [3.8, 4) is 11.5 Å². The van der Waals surface area contributed by atoms with Crippen LogP contribution in [0.4, 0.5) is 17.5 Å². The number of anilines is 3. The number of benzene rings is 2. The molecule has 4 aromatic rings. The summed E-state index contributed by atoms with van der Waals surface area (Å²) in [6.07, 6.45) is 1.67. The van der Waals surface area contributed by atoms with Crippen molar-refractivity contribution in [1.29, 1.82) is 0 Å². The minimum atomic E-state index is 0.351. The first-order valence-electron chi connectivity index (χ1n) is 8.24. The summed E-state index contributed by atoms with van der Waals surface area (Å²) < 4.78 is 12.6. The third-order valence-electron chi connectivity index (χ3n) is 4.45. The number of aromatic nitrogens is 3. The number of nitrogen functional groups attached to an aromatic ring is 1. The zero-order valence-electron chi connectivity index (χ0n) is 15.1. The Morgan fingerprint density at radius 1 is 1.11 bits per heavy atom. The van der Waals surface area contributed by atoms with E-state index in [2.05, 4.69) is 10.3 Å². The van der Waals surface area contributed by atoms with Crippen molar-refractivity contribution in [3.05, 3.63) is 47.1 Å². The van der Waals surface area contributed by atoms with Gasteiger partial charge in [0.15, 0.2) is 17.3 Å². The Balaban J connectivity index is 2.00. The van der Waals surface area contributed by atoms with Gasteiger partial charge in [-0.2, -0.15) is 0 Å². The van der Waals surface area contributed by atoms with Gasteiger partial charge in [-0.25, -0.2) is 9.97 Å². The van der Waals surface area contributed by atoms with Gasteiger partial charge in [0.25, 0.3) is 0 Å². The normalized spacial score (nSPS) is 11.1. The predicted octanol–water partition coefficient (Wildman–Crippen LogP) is 4.19. The molecule has 0 radical (unpaired) electrons. The van der Waals surface area contributed by atoms with Gasteiger partial charge in [-0.05, 0) is 18.6 Å². The van der Waals surface area contributed by atoms with Crippen LogP contribution in [0.1, 0.15) is 5.56 Å². The summed E-state index contributed by atoms with van der Waals surface area (Å²) in [5.41, 5.74) is 10.1. The van der Waals surface area contributed by atoms with Crippen LogP contribution in [-0.4, -0.2) is 28.6 Å². The SMILES string of the molecule is COc1cc2nc(Nc3c(C)cccc3Cl)c3cnc(N)n3c2cc1OC. The minimum absolute atomic E-state index is 0.351. The molecule has 0 aliphatic rings. The van der Waals surface area contributed by atoms with E-state index in [1.807, 2.05) is 35.6 Å². The maximum Gasteiger partial charge on any atom is 0.205 e. The Bertz CT molecular complexity index is 1150. The molecule has 0 fully saturated rings. The molecule has 0 amide bonds. The first kappa shape index (κ1) is 17.2. The Labute approximate surface area is 160 Å². The minimum Gasteiger partial charge on any atom is -0.493 e. The van der Waals surface area contributed by atoms with Crippen molar-refractivity contribution in [1.82, 2.24) is 14.4 Å². The van der Waals surface area contributed by atoms with Crippen LogP contribution in [-0.2, 0) is 0 Å². The largest absolute Gasteiger partial charge is 0.493 e. The number of halogens is 1. The molecular formula is C19H18ClN5O2. The average Bonchev–Trinajstić information content (AvgIpc) is 3.06. The summed E-state index contributed by atoms with van der Waals surface area (Å²) >= 11 is 6.37. The zero-order valence-corrected chi connectivity index (χ0v) is 15.8. The molecule has 0 saturated heterocycles. The number of ether oxygens (including phenoxy) is 2. The number of rotatable bonds is 4. The van der Waals surface area contributed by atoms with Crippen molar-refractivity contribution in [2.75, 3.05) is 25.3 Å². The summed E-state index contributed by atoms with van der Waals surface area (Å²) in [6.45, 7) is 1.98. The topological polar surface area (TPSA) is 86.7 Å². The standard InChI is InChI=1S/C19H18ClN5O2/c1-10-5-4-6-11(20)17(10)24-18-14-9-22-19(21)25(14)13-8-16(27-3)15(26-2)7-12(13)23-18/h4-9H,1-3H3,(H2,21,22)(H,23,24). The highest BCUT2D eigenvalue weighted by Crippen LogP contribution is 2.36. The predicted molar refractivity (Wildman–Crippen MR) is 107 cm³/mol. The average molecular weight is 384 g/mol. The molecule has 7 nitrogen and oxygen atoms in total. The Kier molecular flexibility index (Phi) is 4.16. The fourth-order valence-corrected chi connectivity index (χ4v) is 3.36. The first-order valence-corrected chi connectivity index (χ1v) is 8.62. The molecule has 2 aromatic carbocycles. The van der Waals surface area contributed by atoms with Crippen LogP contribution in [0, 0.1) is 6.92 Å². The lowest BCUT2D eigenvalue weighted by atomic mass is 10.2. The van der Waals surface area contributed by atoms with Gasteiger partial charge in [-0.1, -0.05) is 23.7 Å². The van der Waals surface area contributed by atoms with E-state index in [4.69, 9.17) is 31.8 Å². The lowest BCUT2D eigenvalue weighted by Crippen LogP contribution is -2.04. The molecular weight excluding hydrogens is 366 g/mol. The molecule has 0 aliphatic heterocycles. The van der Waals surface area contributed by atoms with Gasteiger partial charge in [0.1, 0.15) is 5.52 Å². The lowest BCUT2D eigenvalue weighted by Gasteiger charge is -2.15. The third-order valence-corrected chi connectivity index (χ3v) is 4.77. The van der Waals surface area contributed by atoms with E-state index < -0.39 is 0 Å². The fourth-order valence-electron chi connectivity index (χ4n) is 3.09. The second kappa shape index (κ2) is 6.51. The van der Waals surface area contributed by atoms with Crippen molar-refractivity contribution < 1.29 is 9.47 Å². The number of nitrogens with two attached hydrogens (primary N) is 1. The fraction of sp³-hybridized carbons (Fsp3) is 0.158. The molecule has 138 valence electrons. The van der Waals surface area contributed by atoms with Crippen LogP contribution in [0.15, 0.2) is 36.5 Å². The van der Waals surface area contributed by atoms with Crippen molar-refractivity contribution in [2.45, 2.75) is 6.92 Å². The van der Waals surface area contributed by atoms with Crippen LogP contribution in [0.2, 0.25) is 5.02 Å². The molecule has 8 heteroatoms. The molecule has 0 spiro atoms. The zero-order chi connectivity index (χ0) is 19.1. The molecule has 0 unspecified atom stereocenters. The van der Waals surface area contributed by atoms with E-state index in [0.717, 1.165) is 22.3 Å². The number of nitrogens with one attached hydrogen (secondary N) is 1. The second-order valence-corrected chi connectivity index (χ2v) is 6.46. The number of para-hydroxylation sites is 1. The van der Waals surface area contributed by atoms with Gasteiger partial charge >= 0.3 is 0 Å². The highest BCUT2D eigenvalue weighted by atomic mass is 35.5. The number of methoxy groups -OCH3 is 2. The summed E-state index contributed by atoms with van der Waals surface area (Å²) in [6, 6.07) is 9.34. The lowest BCUT2D eigenvalue weighted by molar-refractivity contribution is 0.355. The van der Waals surface area contributed by atoms with Crippen molar-refractivity contribution >= 4 is 45.6 Å². The summed E-state index contributed by atoms with van der Waals surface area (Å²) in [4.78, 5) is 9.00. The monoisotopic (exact) mass is 383 g/mol. The Hall–Kier alpha value is -3.19. The Morgan fingerprint density at radius 2 is 1.85 bits per heavy atom. The molecule has 0 aliphatic carbocycles. The summed E-state index contributed by atoms with van der Waals surface area (Å²) in [7, 11) is 3.17. The maximum atomic E-state index is 6.37. The number of nitrogens with zero attached hydrogens (tertiary/aromatic N) is 3. The first-order chi connectivity index (χ1) is 13.0. The Morgan fingerprint density at radius 3 is 2.56 bits per heavy atom. The van der Waals surface area contributed by atoms with Crippen LogP contribution in [0.3, 0.4) is 0 Å². The molecule has 0 atom stereocenters. The van der Waals surface area contributed by atoms with Crippen LogP contribution < -0.4 is 20.5 Å². The van der Waals surface area contributed by atoms with Gasteiger partial charge in [0, 0.05) is 12.1 Å². The van der Waals surface area contributed by atoms with Crippen LogP contribution in [0.25, 0.3) is 16.6 Å². The summed E-state index contributed by atoms with van der Waals surface area (Å²) in [5, 5.41) is 3.93. The van der Waals surface area contributed by atoms with E-state index >= 15 is 0 Å². The molecule has 4 rings (SSSR count). The van der Waals surface area contributed by atoms with Crippen molar-refractivity contribution in [3.63, 3.8) is 0 Å². The number of imidazole rings is 1. The molecule has 2 heterocycles. The quantitative estimate of drug-likeness (QED) is 0.549. The van der Waals surface area contributed by atoms with Gasteiger partial charge in [0.05, 0.1) is 42.2 Å². The van der Waals surface area contributed by atoms with E-state index in [1.165, 1.54) is 0 Å². The van der Waals surface area contributed by atoms with E-state index in [0.29, 0.717) is 33.8 Å². The number of fused-ring (bicyclic) bond motifs is 3. The molecule has 27 heavy (non-hydrogen) atoms. The van der Waals surface area contributed by atoms with Crippen LogP contribution >= 0.6 is 11.6 Å². The second-order valence-electron chi connectivity index (χ2n) is 6.05. The summed E-state index contributed by atoms with van der Waals surface area (Å²) in [5.74, 6) is 2.11. The van der Waals surface area contributed by atoms with Gasteiger partial charge in [0.2, 0.25) is 5.95 Å². The van der Waals surface area contributed by atoms with Crippen molar-refractivity contribution in [2.24, 2.45) is 0 Å². The maximum absolute atomic E-state index is 6.37. The van der Waals surface area contributed by atoms with E-state index in [-0.39, 0.29) is 0 Å². The highest BCUT2D eigenvalue weighted by Gasteiger charge is 2.16. The number of aryl methyl sites for hydroxylation is 1. The smallest absolute Gasteiger partial charge is 0.205 e. The molecule has 2 aromatic heterocycles. The van der Waals surface area contributed by atoms with E-state index in [1.54, 1.807) is 26.5 Å². The van der Waals surface area contributed by atoms with Crippen LogP contribution in [0.5, 0.6) is 11.5 Å². The molecule has 3 N–H and O–H groups in total. The molecule has 0 saturated carbocycles. The molecule has 0 bridgehead atoms. The van der Waals surface area contributed by atoms with Gasteiger partial charge in [-0.3, -0.25) is 4.40 Å². The number of hydrogen-bond acceptors (Lipinski definition) is 6. The van der Waals surface area contributed by atoms with Gasteiger partial charge < -0.3 is 20.5 Å². The highest BCUT2D eigenvalue weighted by molar-refractivity contribution is 6.33. The van der Waals surface area contributed by atoms with Gasteiger partial charge in [-0.15, -0.1) is 0 Å². The number of hydrogen-bond donors (Lipinski definition) is 2. The third kappa shape index (κ3) is 2.76.